The third-order valence-electron chi connectivity index (χ3n) is 2.54. The highest BCUT2D eigenvalue weighted by molar-refractivity contribution is 6.31. The smallest absolute Gasteiger partial charge is 0.198 e. The summed E-state index contributed by atoms with van der Waals surface area (Å²) in [6, 6.07) is 5.54. The van der Waals surface area contributed by atoms with Crippen LogP contribution in [0.5, 0.6) is 0 Å². The SMILES string of the molecule is Nc1cc(Cl)ccc1C(=O)c1ccc(F)c(F)c1F. The summed E-state index contributed by atoms with van der Waals surface area (Å²) in [6.07, 6.45) is 0. The fraction of sp³-hybridized carbons (Fsp3) is 0. The van der Waals surface area contributed by atoms with Crippen LogP contribution in [-0.4, -0.2) is 5.78 Å². The van der Waals surface area contributed by atoms with Gasteiger partial charge < -0.3 is 5.73 Å². The third kappa shape index (κ3) is 2.42. The van der Waals surface area contributed by atoms with Gasteiger partial charge in [-0.3, -0.25) is 4.79 Å². The molecule has 0 unspecified atom stereocenters. The number of ketones is 1. The van der Waals surface area contributed by atoms with Crippen molar-refractivity contribution in [3.63, 3.8) is 0 Å². The summed E-state index contributed by atoms with van der Waals surface area (Å²) in [5.41, 5.74) is 4.99. The van der Waals surface area contributed by atoms with E-state index in [4.69, 9.17) is 17.3 Å². The number of benzene rings is 2. The molecule has 6 heteroatoms. The number of halogens is 4. The van der Waals surface area contributed by atoms with Crippen molar-refractivity contribution in [2.75, 3.05) is 5.73 Å². The molecule has 0 radical (unpaired) electrons. The van der Waals surface area contributed by atoms with Gasteiger partial charge in [-0.25, -0.2) is 13.2 Å². The molecule has 2 aromatic carbocycles. The van der Waals surface area contributed by atoms with Crippen LogP contribution in [0.1, 0.15) is 15.9 Å². The van der Waals surface area contributed by atoms with E-state index < -0.39 is 28.8 Å². The molecule has 2 rings (SSSR count). The molecule has 2 nitrogen and oxygen atoms in total. The largest absolute Gasteiger partial charge is 0.398 e. The normalized spacial score (nSPS) is 10.5. The lowest BCUT2D eigenvalue weighted by Gasteiger charge is -2.07. The molecule has 0 bridgehead atoms. The second kappa shape index (κ2) is 4.93. The molecule has 0 heterocycles. The van der Waals surface area contributed by atoms with Crippen molar-refractivity contribution in [2.24, 2.45) is 0 Å². The van der Waals surface area contributed by atoms with Gasteiger partial charge in [-0.05, 0) is 30.3 Å². The van der Waals surface area contributed by atoms with E-state index >= 15 is 0 Å². The Morgan fingerprint density at radius 1 is 1.00 bits per heavy atom. The van der Waals surface area contributed by atoms with E-state index in [1.165, 1.54) is 18.2 Å². The van der Waals surface area contributed by atoms with Gasteiger partial charge >= 0.3 is 0 Å². The molecule has 0 aliphatic rings. The number of rotatable bonds is 2. The second-order valence-corrected chi connectivity index (χ2v) is 4.22. The Bertz CT molecular complexity index is 673. The van der Waals surface area contributed by atoms with Crippen LogP contribution >= 0.6 is 11.6 Å². The number of carbonyl (C=O) groups excluding carboxylic acids is 1. The van der Waals surface area contributed by atoms with Gasteiger partial charge in [-0.15, -0.1) is 0 Å². The van der Waals surface area contributed by atoms with Crippen LogP contribution < -0.4 is 5.73 Å². The van der Waals surface area contributed by atoms with Gasteiger partial charge in [-0.1, -0.05) is 11.6 Å². The lowest BCUT2D eigenvalue weighted by atomic mass is 10.0. The molecular weight excluding hydrogens is 279 g/mol. The molecule has 0 aliphatic carbocycles. The maximum atomic E-state index is 13.5. The molecule has 2 aromatic rings. The summed E-state index contributed by atoms with van der Waals surface area (Å²) in [6.45, 7) is 0. The predicted molar refractivity (Wildman–Crippen MR) is 65.6 cm³/mol. The van der Waals surface area contributed by atoms with Crippen LogP contribution in [0.3, 0.4) is 0 Å². The highest BCUT2D eigenvalue weighted by atomic mass is 35.5. The fourth-order valence-electron chi connectivity index (χ4n) is 1.59. The average molecular weight is 286 g/mol. The van der Waals surface area contributed by atoms with Crippen molar-refractivity contribution in [3.05, 3.63) is 63.9 Å². The number of carbonyl (C=O) groups is 1. The number of nitrogens with two attached hydrogens (primary N) is 1. The van der Waals surface area contributed by atoms with E-state index in [0.29, 0.717) is 11.1 Å². The third-order valence-corrected chi connectivity index (χ3v) is 2.77. The quantitative estimate of drug-likeness (QED) is 0.521. The molecule has 2 N–H and O–H groups in total. The van der Waals surface area contributed by atoms with Crippen LogP contribution in [0.25, 0.3) is 0 Å². The van der Waals surface area contributed by atoms with E-state index in [0.717, 1.165) is 6.07 Å². The van der Waals surface area contributed by atoms with Crippen molar-refractivity contribution < 1.29 is 18.0 Å². The van der Waals surface area contributed by atoms with Gasteiger partial charge in [0.15, 0.2) is 23.2 Å². The highest BCUT2D eigenvalue weighted by Gasteiger charge is 2.21. The van der Waals surface area contributed by atoms with Crippen molar-refractivity contribution in [2.45, 2.75) is 0 Å². The molecular formula is C13H7ClF3NO. The van der Waals surface area contributed by atoms with Crippen LogP contribution in [0.4, 0.5) is 18.9 Å². The summed E-state index contributed by atoms with van der Waals surface area (Å²) in [5, 5.41) is 0.305. The minimum Gasteiger partial charge on any atom is -0.398 e. The topological polar surface area (TPSA) is 43.1 Å². The monoisotopic (exact) mass is 285 g/mol. The Morgan fingerprint density at radius 3 is 2.26 bits per heavy atom. The van der Waals surface area contributed by atoms with Crippen LogP contribution in [0.15, 0.2) is 30.3 Å². The summed E-state index contributed by atoms with van der Waals surface area (Å²) in [4.78, 5) is 12.0. The standard InChI is InChI=1S/C13H7ClF3NO/c14-6-1-2-7(10(18)5-6)13(19)8-3-4-9(15)12(17)11(8)16/h1-5H,18H2. The minimum absolute atomic E-state index is 0.0293. The molecule has 0 saturated heterocycles. The van der Waals surface area contributed by atoms with Gasteiger partial charge in [0.25, 0.3) is 0 Å². The predicted octanol–water partition coefficient (Wildman–Crippen LogP) is 3.57. The second-order valence-electron chi connectivity index (χ2n) is 3.78. The summed E-state index contributed by atoms with van der Waals surface area (Å²) in [7, 11) is 0. The lowest BCUT2D eigenvalue weighted by Crippen LogP contribution is -2.09. The van der Waals surface area contributed by atoms with E-state index in [-0.39, 0.29) is 11.3 Å². The molecule has 0 spiro atoms. The number of hydrogen-bond acceptors (Lipinski definition) is 2. The van der Waals surface area contributed by atoms with E-state index in [2.05, 4.69) is 0 Å². The highest BCUT2D eigenvalue weighted by Crippen LogP contribution is 2.23. The fourth-order valence-corrected chi connectivity index (χ4v) is 1.77. The maximum absolute atomic E-state index is 13.5. The van der Waals surface area contributed by atoms with Gasteiger partial charge in [0.05, 0.1) is 5.56 Å². The van der Waals surface area contributed by atoms with Gasteiger partial charge in [0.1, 0.15) is 0 Å². The maximum Gasteiger partial charge on any atom is 0.198 e. The summed E-state index contributed by atoms with van der Waals surface area (Å²) in [5.74, 6) is -5.44. The van der Waals surface area contributed by atoms with E-state index in [1.807, 2.05) is 0 Å². The van der Waals surface area contributed by atoms with Crippen LogP contribution in [-0.2, 0) is 0 Å². The van der Waals surface area contributed by atoms with E-state index in [9.17, 15) is 18.0 Å². The average Bonchev–Trinajstić information content (AvgIpc) is 2.35. The zero-order valence-electron chi connectivity index (χ0n) is 9.38. The molecule has 0 amide bonds. The Labute approximate surface area is 111 Å². The Hall–Kier alpha value is -2.01. The van der Waals surface area contributed by atoms with Gasteiger partial charge in [0, 0.05) is 16.3 Å². The lowest BCUT2D eigenvalue weighted by molar-refractivity contribution is 0.103. The Kier molecular flexibility index (Phi) is 3.48. The zero-order valence-corrected chi connectivity index (χ0v) is 10.1. The number of hydrogen-bond donors (Lipinski definition) is 1. The first-order valence-electron chi connectivity index (χ1n) is 5.15. The molecule has 0 aliphatic heterocycles. The molecule has 19 heavy (non-hydrogen) atoms. The zero-order chi connectivity index (χ0) is 14.2. The van der Waals surface area contributed by atoms with Crippen molar-refractivity contribution in [3.8, 4) is 0 Å². The summed E-state index contributed by atoms with van der Waals surface area (Å²) < 4.78 is 39.4. The molecule has 0 fully saturated rings. The molecule has 0 atom stereocenters. The molecule has 0 aromatic heterocycles. The first-order valence-corrected chi connectivity index (χ1v) is 5.53. The Balaban J connectivity index is 2.53. The van der Waals surface area contributed by atoms with Crippen molar-refractivity contribution in [1.82, 2.24) is 0 Å². The number of nitrogen functional groups attached to an aromatic ring is 1. The van der Waals surface area contributed by atoms with Gasteiger partial charge in [-0.2, -0.15) is 0 Å². The van der Waals surface area contributed by atoms with Gasteiger partial charge in [0.2, 0.25) is 0 Å². The van der Waals surface area contributed by atoms with Crippen LogP contribution in [0.2, 0.25) is 5.02 Å². The molecule has 98 valence electrons. The van der Waals surface area contributed by atoms with Crippen molar-refractivity contribution >= 4 is 23.1 Å². The Morgan fingerprint density at radius 2 is 1.63 bits per heavy atom. The first-order chi connectivity index (χ1) is 8.91. The summed E-state index contributed by atoms with van der Waals surface area (Å²) >= 11 is 5.67. The van der Waals surface area contributed by atoms with Crippen molar-refractivity contribution in [1.29, 1.82) is 0 Å². The van der Waals surface area contributed by atoms with Crippen LogP contribution in [0, 0.1) is 17.5 Å². The molecule has 0 saturated carbocycles. The minimum atomic E-state index is -1.70. The van der Waals surface area contributed by atoms with E-state index in [1.54, 1.807) is 0 Å². The first kappa shape index (κ1) is 13.4. The number of anilines is 1.